The number of nitrogens with zero attached hydrogens (tertiary/aromatic N) is 1. The highest BCUT2D eigenvalue weighted by atomic mass is 16.5. The average molecular weight is 291 g/mol. The topological polar surface area (TPSA) is 49.8 Å². The van der Waals surface area contributed by atoms with E-state index in [2.05, 4.69) is 6.92 Å². The molecule has 1 fully saturated rings. The van der Waals surface area contributed by atoms with Crippen molar-refractivity contribution < 1.29 is 14.6 Å². The first-order chi connectivity index (χ1) is 10.2. The van der Waals surface area contributed by atoms with Gasteiger partial charge in [-0.2, -0.15) is 0 Å². The number of aliphatic hydroxyl groups is 1. The molecule has 21 heavy (non-hydrogen) atoms. The van der Waals surface area contributed by atoms with Crippen LogP contribution in [-0.4, -0.2) is 42.7 Å². The standard InChI is InChI=1S/C17H25NO3/c1-13(15-5-3-4-6-16(15)21-2)11-17(20)18-9-7-14(12-19)8-10-18/h3-6,13-14,19H,7-12H2,1-2H3. The first-order valence-electron chi connectivity index (χ1n) is 7.67. The minimum Gasteiger partial charge on any atom is -0.496 e. The lowest BCUT2D eigenvalue weighted by atomic mass is 9.94. The molecule has 1 saturated heterocycles. The van der Waals surface area contributed by atoms with Gasteiger partial charge in [-0.3, -0.25) is 4.79 Å². The Morgan fingerprint density at radius 3 is 2.67 bits per heavy atom. The number of para-hydroxylation sites is 1. The predicted octanol–water partition coefficient (Wildman–Crippen LogP) is 2.42. The van der Waals surface area contributed by atoms with Gasteiger partial charge in [0.25, 0.3) is 0 Å². The van der Waals surface area contributed by atoms with Crippen LogP contribution in [0.3, 0.4) is 0 Å². The van der Waals surface area contributed by atoms with Crippen LogP contribution >= 0.6 is 0 Å². The van der Waals surface area contributed by atoms with Crippen molar-refractivity contribution in [2.24, 2.45) is 5.92 Å². The predicted molar refractivity (Wildman–Crippen MR) is 82.4 cm³/mol. The van der Waals surface area contributed by atoms with Crippen molar-refractivity contribution in [1.29, 1.82) is 0 Å². The number of hydrogen-bond acceptors (Lipinski definition) is 3. The Labute approximate surface area is 126 Å². The molecular formula is C17H25NO3. The molecule has 116 valence electrons. The lowest BCUT2D eigenvalue weighted by molar-refractivity contribution is -0.133. The van der Waals surface area contributed by atoms with Gasteiger partial charge < -0.3 is 14.7 Å². The summed E-state index contributed by atoms with van der Waals surface area (Å²) >= 11 is 0. The van der Waals surface area contributed by atoms with E-state index in [-0.39, 0.29) is 18.4 Å². The van der Waals surface area contributed by atoms with E-state index in [9.17, 15) is 4.79 Å². The number of piperidine rings is 1. The lowest BCUT2D eigenvalue weighted by Crippen LogP contribution is -2.39. The second-order valence-electron chi connectivity index (χ2n) is 5.85. The molecule has 1 heterocycles. The summed E-state index contributed by atoms with van der Waals surface area (Å²) in [6.07, 6.45) is 2.32. The van der Waals surface area contributed by atoms with Crippen molar-refractivity contribution in [3.63, 3.8) is 0 Å². The fourth-order valence-corrected chi connectivity index (χ4v) is 2.94. The highest BCUT2D eigenvalue weighted by Gasteiger charge is 2.24. The van der Waals surface area contributed by atoms with Gasteiger partial charge in [-0.25, -0.2) is 0 Å². The van der Waals surface area contributed by atoms with Crippen LogP contribution in [0, 0.1) is 5.92 Å². The number of likely N-dealkylation sites (tertiary alicyclic amines) is 1. The molecule has 0 radical (unpaired) electrons. The minimum atomic E-state index is 0.143. The van der Waals surface area contributed by atoms with E-state index in [1.54, 1.807) is 7.11 Å². The van der Waals surface area contributed by atoms with Crippen molar-refractivity contribution in [2.45, 2.75) is 32.1 Å². The summed E-state index contributed by atoms with van der Waals surface area (Å²) in [4.78, 5) is 14.3. The van der Waals surface area contributed by atoms with Gasteiger partial charge in [0.2, 0.25) is 5.91 Å². The zero-order valence-electron chi connectivity index (χ0n) is 12.9. The molecule has 1 unspecified atom stereocenters. The molecule has 1 amide bonds. The minimum absolute atomic E-state index is 0.143. The Balaban J connectivity index is 1.93. The van der Waals surface area contributed by atoms with Gasteiger partial charge in [-0.15, -0.1) is 0 Å². The normalized spacial score (nSPS) is 17.6. The van der Waals surface area contributed by atoms with E-state index in [0.29, 0.717) is 12.3 Å². The summed E-state index contributed by atoms with van der Waals surface area (Å²) in [5.41, 5.74) is 1.08. The highest BCUT2D eigenvalue weighted by Crippen LogP contribution is 2.29. The van der Waals surface area contributed by atoms with E-state index in [1.807, 2.05) is 29.2 Å². The molecule has 4 heteroatoms. The molecule has 1 aromatic rings. The maximum Gasteiger partial charge on any atom is 0.223 e. The van der Waals surface area contributed by atoms with Crippen LogP contribution < -0.4 is 4.74 Å². The van der Waals surface area contributed by atoms with Crippen LogP contribution in [0.2, 0.25) is 0 Å². The Morgan fingerprint density at radius 2 is 2.05 bits per heavy atom. The quantitative estimate of drug-likeness (QED) is 0.906. The fourth-order valence-electron chi connectivity index (χ4n) is 2.94. The summed E-state index contributed by atoms with van der Waals surface area (Å²) in [6.45, 7) is 3.83. The highest BCUT2D eigenvalue weighted by molar-refractivity contribution is 5.77. The number of amides is 1. The summed E-state index contributed by atoms with van der Waals surface area (Å²) in [6, 6.07) is 7.87. The number of aliphatic hydroxyl groups excluding tert-OH is 1. The number of methoxy groups -OCH3 is 1. The zero-order valence-corrected chi connectivity index (χ0v) is 12.9. The number of hydrogen-bond donors (Lipinski definition) is 1. The third-order valence-corrected chi connectivity index (χ3v) is 4.38. The molecular weight excluding hydrogens is 266 g/mol. The van der Waals surface area contributed by atoms with Crippen LogP contribution in [0.4, 0.5) is 0 Å². The maximum absolute atomic E-state index is 12.4. The molecule has 0 spiro atoms. The van der Waals surface area contributed by atoms with Crippen molar-refractivity contribution in [3.05, 3.63) is 29.8 Å². The van der Waals surface area contributed by atoms with Crippen LogP contribution in [-0.2, 0) is 4.79 Å². The first kappa shape index (κ1) is 15.8. The van der Waals surface area contributed by atoms with Gasteiger partial charge in [0.1, 0.15) is 5.75 Å². The molecule has 0 bridgehead atoms. The Bertz CT molecular complexity index is 467. The molecule has 0 saturated carbocycles. The number of carbonyl (C=O) groups excluding carboxylic acids is 1. The Hall–Kier alpha value is -1.55. The molecule has 1 aliphatic heterocycles. The van der Waals surface area contributed by atoms with Crippen molar-refractivity contribution in [2.75, 3.05) is 26.8 Å². The van der Waals surface area contributed by atoms with Gasteiger partial charge in [-0.1, -0.05) is 25.1 Å². The van der Waals surface area contributed by atoms with E-state index in [0.717, 1.165) is 37.2 Å². The second kappa shape index (κ2) is 7.46. The van der Waals surface area contributed by atoms with Crippen LogP contribution in [0.1, 0.15) is 37.7 Å². The fraction of sp³-hybridized carbons (Fsp3) is 0.588. The second-order valence-corrected chi connectivity index (χ2v) is 5.85. The van der Waals surface area contributed by atoms with Crippen molar-refractivity contribution in [3.8, 4) is 5.75 Å². The van der Waals surface area contributed by atoms with Gasteiger partial charge in [0.05, 0.1) is 7.11 Å². The third kappa shape index (κ3) is 3.97. The summed E-state index contributed by atoms with van der Waals surface area (Å²) in [5, 5.41) is 9.15. The largest absolute Gasteiger partial charge is 0.496 e. The Kier molecular flexibility index (Phi) is 5.62. The SMILES string of the molecule is COc1ccccc1C(C)CC(=O)N1CCC(CO)CC1. The lowest BCUT2D eigenvalue weighted by Gasteiger charge is -2.32. The Morgan fingerprint density at radius 1 is 1.38 bits per heavy atom. The molecule has 1 atom stereocenters. The van der Waals surface area contributed by atoms with Gasteiger partial charge in [-0.05, 0) is 36.3 Å². The molecule has 1 aliphatic rings. The van der Waals surface area contributed by atoms with Crippen molar-refractivity contribution >= 4 is 5.91 Å². The van der Waals surface area contributed by atoms with Crippen LogP contribution in [0.15, 0.2) is 24.3 Å². The number of rotatable bonds is 5. The summed E-state index contributed by atoms with van der Waals surface area (Å²) in [7, 11) is 1.66. The van der Waals surface area contributed by atoms with E-state index in [4.69, 9.17) is 9.84 Å². The molecule has 0 aromatic heterocycles. The van der Waals surface area contributed by atoms with Crippen LogP contribution in [0.25, 0.3) is 0 Å². The van der Waals surface area contributed by atoms with E-state index >= 15 is 0 Å². The average Bonchev–Trinajstić information content (AvgIpc) is 2.54. The van der Waals surface area contributed by atoms with Crippen LogP contribution in [0.5, 0.6) is 5.75 Å². The van der Waals surface area contributed by atoms with Gasteiger partial charge in [0, 0.05) is 26.1 Å². The van der Waals surface area contributed by atoms with Gasteiger partial charge >= 0.3 is 0 Å². The molecule has 2 rings (SSSR count). The first-order valence-corrected chi connectivity index (χ1v) is 7.67. The zero-order chi connectivity index (χ0) is 15.2. The molecule has 0 aliphatic carbocycles. The van der Waals surface area contributed by atoms with E-state index in [1.165, 1.54) is 0 Å². The molecule has 4 nitrogen and oxygen atoms in total. The number of carbonyl (C=O) groups is 1. The summed E-state index contributed by atoms with van der Waals surface area (Å²) < 4.78 is 5.37. The monoisotopic (exact) mass is 291 g/mol. The maximum atomic E-state index is 12.4. The summed E-state index contributed by atoms with van der Waals surface area (Å²) in [5.74, 6) is 1.55. The number of ether oxygens (including phenoxy) is 1. The third-order valence-electron chi connectivity index (χ3n) is 4.38. The number of benzene rings is 1. The van der Waals surface area contributed by atoms with E-state index < -0.39 is 0 Å². The van der Waals surface area contributed by atoms with Gasteiger partial charge in [0.15, 0.2) is 0 Å². The van der Waals surface area contributed by atoms with Crippen molar-refractivity contribution in [1.82, 2.24) is 4.90 Å². The molecule has 1 N–H and O–H groups in total. The molecule has 1 aromatic carbocycles. The smallest absolute Gasteiger partial charge is 0.223 e.